The molecule has 1 rings (SSSR count). The minimum Gasteiger partial charge on any atom is -0.490 e. The molecule has 0 aliphatic rings. The minimum absolute atomic E-state index is 0.0614. The molecule has 2 nitrogen and oxygen atoms in total. The lowest BCUT2D eigenvalue weighted by molar-refractivity contribution is -0.274. The van der Waals surface area contributed by atoms with Gasteiger partial charge in [0, 0.05) is 0 Å². The number of alkyl halides is 3. The van der Waals surface area contributed by atoms with Crippen LogP contribution in [-0.4, -0.2) is 12.5 Å². The second-order valence-corrected chi connectivity index (χ2v) is 4.55. The van der Waals surface area contributed by atoms with Gasteiger partial charge in [-0.15, -0.1) is 13.2 Å². The zero-order valence-corrected chi connectivity index (χ0v) is 11.6. The molecular weight excluding hydrogens is 313 g/mol. The molecule has 0 atom stereocenters. The first-order valence-corrected chi connectivity index (χ1v) is 6.37. The Bertz CT molecular complexity index is 389. The van der Waals surface area contributed by atoms with Gasteiger partial charge >= 0.3 is 6.36 Å². The monoisotopic (exact) mass is 326 g/mol. The highest BCUT2D eigenvalue weighted by Gasteiger charge is 2.32. The molecule has 0 amide bonds. The molecule has 18 heavy (non-hydrogen) atoms. The summed E-state index contributed by atoms with van der Waals surface area (Å²) in [5.74, 6) is 0.240. The molecule has 0 saturated heterocycles. The summed E-state index contributed by atoms with van der Waals surface area (Å²) in [4.78, 5) is 0. The van der Waals surface area contributed by atoms with Crippen molar-refractivity contribution in [1.29, 1.82) is 0 Å². The first-order chi connectivity index (χ1) is 8.35. The standard InChI is InChI=1S/C12H14BrF3O2/c1-3-8(4-2)17-9-5-6-11(10(13)7-9)18-12(14,15)16/h5-8H,3-4H2,1-2H3. The van der Waals surface area contributed by atoms with Gasteiger partial charge in [-0.2, -0.15) is 0 Å². The van der Waals surface area contributed by atoms with Gasteiger partial charge in [-0.1, -0.05) is 13.8 Å². The summed E-state index contributed by atoms with van der Waals surface area (Å²) in [5, 5.41) is 0. The zero-order chi connectivity index (χ0) is 13.8. The molecule has 0 unspecified atom stereocenters. The van der Waals surface area contributed by atoms with Crippen molar-refractivity contribution in [2.75, 3.05) is 0 Å². The van der Waals surface area contributed by atoms with Crippen LogP contribution in [0.15, 0.2) is 22.7 Å². The van der Waals surface area contributed by atoms with Gasteiger partial charge in [0.15, 0.2) is 0 Å². The van der Waals surface area contributed by atoms with E-state index in [1.807, 2.05) is 13.8 Å². The van der Waals surface area contributed by atoms with Crippen LogP contribution in [-0.2, 0) is 0 Å². The van der Waals surface area contributed by atoms with E-state index in [1.165, 1.54) is 18.2 Å². The minimum atomic E-state index is -4.69. The van der Waals surface area contributed by atoms with Gasteiger partial charge in [0.1, 0.15) is 11.5 Å². The lowest BCUT2D eigenvalue weighted by Crippen LogP contribution is -2.17. The Morgan fingerprint density at radius 2 is 1.83 bits per heavy atom. The van der Waals surface area contributed by atoms with Crippen LogP contribution in [0.25, 0.3) is 0 Å². The highest BCUT2D eigenvalue weighted by Crippen LogP contribution is 2.33. The average Bonchev–Trinajstić information content (AvgIpc) is 2.28. The Balaban J connectivity index is 2.79. The van der Waals surface area contributed by atoms with Gasteiger partial charge in [-0.3, -0.25) is 0 Å². The highest BCUT2D eigenvalue weighted by atomic mass is 79.9. The first kappa shape index (κ1) is 15.1. The van der Waals surface area contributed by atoms with Crippen LogP contribution in [0.1, 0.15) is 26.7 Å². The number of rotatable bonds is 5. The fraction of sp³-hybridized carbons (Fsp3) is 0.500. The molecule has 6 heteroatoms. The largest absolute Gasteiger partial charge is 0.573 e. The molecule has 0 bridgehead atoms. The van der Waals surface area contributed by atoms with Crippen molar-refractivity contribution in [3.05, 3.63) is 22.7 Å². The van der Waals surface area contributed by atoms with Crippen LogP contribution in [0, 0.1) is 0 Å². The summed E-state index contributed by atoms with van der Waals surface area (Å²) in [6.45, 7) is 3.98. The van der Waals surface area contributed by atoms with Crippen molar-refractivity contribution in [2.45, 2.75) is 39.2 Å². The molecule has 102 valence electrons. The molecule has 1 aromatic carbocycles. The van der Waals surface area contributed by atoms with Crippen molar-refractivity contribution < 1.29 is 22.6 Å². The molecule has 0 radical (unpaired) electrons. The molecular formula is C12H14BrF3O2. The van der Waals surface area contributed by atoms with E-state index in [2.05, 4.69) is 20.7 Å². The summed E-state index contributed by atoms with van der Waals surface area (Å²) in [7, 11) is 0. The van der Waals surface area contributed by atoms with Gasteiger partial charge in [-0.25, -0.2) is 0 Å². The Labute approximate surface area is 112 Å². The van der Waals surface area contributed by atoms with Gasteiger partial charge in [0.2, 0.25) is 0 Å². The lowest BCUT2D eigenvalue weighted by atomic mass is 10.2. The number of ether oxygens (including phenoxy) is 2. The Kier molecular flexibility index (Phi) is 5.31. The van der Waals surface area contributed by atoms with Gasteiger partial charge in [0.05, 0.1) is 10.6 Å². The molecule has 0 spiro atoms. The maximum atomic E-state index is 12.1. The predicted molar refractivity (Wildman–Crippen MR) is 65.8 cm³/mol. The van der Waals surface area contributed by atoms with Crippen molar-refractivity contribution >= 4 is 15.9 Å². The zero-order valence-electron chi connectivity index (χ0n) is 10.1. The summed E-state index contributed by atoms with van der Waals surface area (Å²) in [6, 6.07) is 4.17. The first-order valence-electron chi connectivity index (χ1n) is 5.57. The summed E-state index contributed by atoms with van der Waals surface area (Å²) < 4.78 is 45.9. The number of hydrogen-bond donors (Lipinski definition) is 0. The Hall–Kier alpha value is -0.910. The van der Waals surface area contributed by atoms with Gasteiger partial charge in [-0.05, 0) is 47.0 Å². The number of halogens is 4. The molecule has 0 aromatic heterocycles. The van der Waals surface area contributed by atoms with E-state index < -0.39 is 6.36 Å². The number of benzene rings is 1. The van der Waals surface area contributed by atoms with Crippen LogP contribution in [0.5, 0.6) is 11.5 Å². The summed E-state index contributed by atoms with van der Waals surface area (Å²) in [6.07, 6.45) is -2.95. The van der Waals surface area contributed by atoms with Crippen LogP contribution >= 0.6 is 15.9 Å². The summed E-state index contributed by atoms with van der Waals surface area (Å²) >= 11 is 3.03. The molecule has 0 fully saturated rings. The topological polar surface area (TPSA) is 18.5 Å². The lowest BCUT2D eigenvalue weighted by Gasteiger charge is -2.17. The second kappa shape index (κ2) is 6.31. The average molecular weight is 327 g/mol. The van der Waals surface area contributed by atoms with Crippen LogP contribution < -0.4 is 9.47 Å². The third-order valence-corrected chi connectivity index (χ3v) is 2.96. The fourth-order valence-electron chi connectivity index (χ4n) is 1.41. The molecule has 0 heterocycles. The maximum Gasteiger partial charge on any atom is 0.573 e. The second-order valence-electron chi connectivity index (χ2n) is 3.70. The molecule has 1 aromatic rings. The van der Waals surface area contributed by atoms with Gasteiger partial charge in [0.25, 0.3) is 0 Å². The summed E-state index contributed by atoms with van der Waals surface area (Å²) in [5.41, 5.74) is 0. The van der Waals surface area contributed by atoms with E-state index in [9.17, 15) is 13.2 Å². The maximum absolute atomic E-state index is 12.1. The van der Waals surface area contributed by atoms with E-state index in [4.69, 9.17) is 4.74 Å². The Morgan fingerprint density at radius 3 is 2.28 bits per heavy atom. The quantitative estimate of drug-likeness (QED) is 0.765. The van der Waals surface area contributed by atoms with Crippen molar-refractivity contribution in [3.8, 4) is 11.5 Å². The predicted octanol–water partition coefficient (Wildman–Crippen LogP) is 4.92. The third-order valence-electron chi connectivity index (χ3n) is 2.34. The van der Waals surface area contributed by atoms with E-state index in [0.29, 0.717) is 5.75 Å². The van der Waals surface area contributed by atoms with Crippen molar-refractivity contribution in [1.82, 2.24) is 0 Å². The van der Waals surface area contributed by atoms with Crippen LogP contribution in [0.2, 0.25) is 0 Å². The third kappa shape index (κ3) is 4.76. The molecule has 0 saturated carbocycles. The van der Waals surface area contributed by atoms with Crippen molar-refractivity contribution in [2.24, 2.45) is 0 Å². The number of hydrogen-bond acceptors (Lipinski definition) is 2. The highest BCUT2D eigenvalue weighted by molar-refractivity contribution is 9.10. The van der Waals surface area contributed by atoms with E-state index in [0.717, 1.165) is 12.8 Å². The Morgan fingerprint density at radius 1 is 1.22 bits per heavy atom. The van der Waals surface area contributed by atoms with E-state index >= 15 is 0 Å². The van der Waals surface area contributed by atoms with E-state index in [1.54, 1.807) is 0 Å². The SMILES string of the molecule is CCC(CC)Oc1ccc(OC(F)(F)F)c(Br)c1. The van der Waals surface area contributed by atoms with Crippen molar-refractivity contribution in [3.63, 3.8) is 0 Å². The smallest absolute Gasteiger partial charge is 0.490 e. The molecule has 0 aliphatic heterocycles. The van der Waals surface area contributed by atoms with Crippen LogP contribution in [0.3, 0.4) is 0 Å². The van der Waals surface area contributed by atoms with Gasteiger partial charge < -0.3 is 9.47 Å². The normalized spacial score (nSPS) is 11.7. The molecule has 0 N–H and O–H groups in total. The van der Waals surface area contributed by atoms with E-state index in [-0.39, 0.29) is 16.3 Å². The molecule has 0 aliphatic carbocycles. The fourth-order valence-corrected chi connectivity index (χ4v) is 1.85. The van der Waals surface area contributed by atoms with Crippen LogP contribution in [0.4, 0.5) is 13.2 Å².